The molecule has 1 fully saturated rings. The van der Waals surface area contributed by atoms with Gasteiger partial charge in [0.05, 0.1) is 6.61 Å². The molecule has 2 N–H and O–H groups in total. The van der Waals surface area contributed by atoms with Crippen LogP contribution in [0.2, 0.25) is 0 Å². The van der Waals surface area contributed by atoms with E-state index in [2.05, 4.69) is 11.8 Å². The SMILES string of the molecule is COCCOc1cc2c(cc1CN1CC(C)C(N)C1)OCO2. The molecule has 0 radical (unpaired) electrons. The van der Waals surface area contributed by atoms with Crippen LogP contribution in [-0.2, 0) is 11.3 Å². The number of methoxy groups -OCH3 is 1. The average molecular weight is 308 g/mol. The monoisotopic (exact) mass is 308 g/mol. The molecule has 6 nitrogen and oxygen atoms in total. The molecule has 2 heterocycles. The number of rotatable bonds is 6. The number of fused-ring (bicyclic) bond motifs is 1. The number of nitrogens with two attached hydrogens (primary N) is 1. The third-order valence-electron chi connectivity index (χ3n) is 4.24. The summed E-state index contributed by atoms with van der Waals surface area (Å²) in [5.74, 6) is 2.87. The second-order valence-corrected chi connectivity index (χ2v) is 5.99. The van der Waals surface area contributed by atoms with Crippen LogP contribution in [0.1, 0.15) is 12.5 Å². The molecule has 2 unspecified atom stereocenters. The molecule has 1 saturated heterocycles. The summed E-state index contributed by atoms with van der Waals surface area (Å²) in [7, 11) is 1.66. The number of likely N-dealkylation sites (tertiary alicyclic amines) is 1. The van der Waals surface area contributed by atoms with E-state index in [1.165, 1.54) is 0 Å². The van der Waals surface area contributed by atoms with Crippen LogP contribution in [0.15, 0.2) is 12.1 Å². The largest absolute Gasteiger partial charge is 0.491 e. The van der Waals surface area contributed by atoms with Crippen LogP contribution in [0, 0.1) is 5.92 Å². The standard InChI is InChI=1S/C16H24N2O4/c1-11-7-18(9-13(11)17)8-12-5-15-16(22-10-21-15)6-14(12)20-4-3-19-2/h5-6,11,13H,3-4,7-10,17H2,1-2H3. The van der Waals surface area contributed by atoms with E-state index in [1.54, 1.807) is 7.11 Å². The number of nitrogens with zero attached hydrogens (tertiary/aromatic N) is 1. The number of ether oxygens (including phenoxy) is 4. The Balaban J connectivity index is 1.75. The molecule has 1 aromatic carbocycles. The Hall–Kier alpha value is -1.50. The second kappa shape index (κ2) is 6.73. The molecule has 6 heteroatoms. The Morgan fingerprint density at radius 3 is 2.68 bits per heavy atom. The molecule has 0 spiro atoms. The molecule has 2 aliphatic heterocycles. The van der Waals surface area contributed by atoms with Crippen LogP contribution >= 0.6 is 0 Å². The van der Waals surface area contributed by atoms with Gasteiger partial charge in [0.2, 0.25) is 6.79 Å². The van der Waals surface area contributed by atoms with E-state index < -0.39 is 0 Å². The van der Waals surface area contributed by atoms with Gasteiger partial charge < -0.3 is 24.7 Å². The first kappa shape index (κ1) is 15.4. The number of benzene rings is 1. The summed E-state index contributed by atoms with van der Waals surface area (Å²) in [6, 6.07) is 4.16. The van der Waals surface area contributed by atoms with E-state index in [9.17, 15) is 0 Å². The minimum absolute atomic E-state index is 0.242. The maximum Gasteiger partial charge on any atom is 0.231 e. The van der Waals surface area contributed by atoms with Gasteiger partial charge in [-0.3, -0.25) is 4.90 Å². The minimum atomic E-state index is 0.242. The minimum Gasteiger partial charge on any atom is -0.491 e. The number of hydrogen-bond donors (Lipinski definition) is 1. The molecule has 122 valence electrons. The van der Waals surface area contributed by atoms with Gasteiger partial charge in [-0.1, -0.05) is 6.92 Å². The van der Waals surface area contributed by atoms with Crippen molar-refractivity contribution in [2.24, 2.45) is 11.7 Å². The first-order chi connectivity index (χ1) is 10.7. The summed E-state index contributed by atoms with van der Waals surface area (Å²) in [6.45, 7) is 6.25. The van der Waals surface area contributed by atoms with Gasteiger partial charge >= 0.3 is 0 Å². The van der Waals surface area contributed by atoms with Crippen molar-refractivity contribution < 1.29 is 18.9 Å². The molecule has 2 aliphatic rings. The normalized spacial score (nSPS) is 24.0. The summed E-state index contributed by atoms with van der Waals surface area (Å²) in [4.78, 5) is 2.36. The molecule has 2 atom stereocenters. The van der Waals surface area contributed by atoms with Gasteiger partial charge in [-0.15, -0.1) is 0 Å². The summed E-state index contributed by atoms with van der Waals surface area (Å²) < 4.78 is 21.8. The zero-order valence-electron chi connectivity index (χ0n) is 13.2. The topological polar surface area (TPSA) is 66.2 Å². The van der Waals surface area contributed by atoms with Crippen molar-refractivity contribution in [1.82, 2.24) is 4.90 Å². The van der Waals surface area contributed by atoms with Crippen molar-refractivity contribution in [3.8, 4) is 17.2 Å². The van der Waals surface area contributed by atoms with Gasteiger partial charge in [-0.2, -0.15) is 0 Å². The van der Waals surface area contributed by atoms with E-state index in [1.807, 2.05) is 12.1 Å². The first-order valence-electron chi connectivity index (χ1n) is 7.69. The van der Waals surface area contributed by atoms with E-state index in [0.29, 0.717) is 19.1 Å². The summed E-state index contributed by atoms with van der Waals surface area (Å²) >= 11 is 0. The molecular formula is C16H24N2O4. The third kappa shape index (κ3) is 3.29. The smallest absolute Gasteiger partial charge is 0.231 e. The maximum absolute atomic E-state index is 6.11. The van der Waals surface area contributed by atoms with E-state index in [0.717, 1.165) is 42.4 Å². The van der Waals surface area contributed by atoms with Crippen molar-refractivity contribution >= 4 is 0 Å². The summed E-state index contributed by atoms with van der Waals surface area (Å²) in [6.07, 6.45) is 0. The van der Waals surface area contributed by atoms with Crippen LogP contribution in [0.25, 0.3) is 0 Å². The summed E-state index contributed by atoms with van der Waals surface area (Å²) in [5, 5.41) is 0. The lowest BCUT2D eigenvalue weighted by atomic mass is 10.1. The van der Waals surface area contributed by atoms with Crippen molar-refractivity contribution in [2.75, 3.05) is 40.2 Å². The van der Waals surface area contributed by atoms with Crippen LogP contribution in [-0.4, -0.2) is 51.1 Å². The Morgan fingerprint density at radius 1 is 1.23 bits per heavy atom. The van der Waals surface area contributed by atoms with Gasteiger partial charge in [0.1, 0.15) is 12.4 Å². The maximum atomic E-state index is 6.11. The highest BCUT2D eigenvalue weighted by atomic mass is 16.7. The van der Waals surface area contributed by atoms with Gasteiger partial charge in [-0.25, -0.2) is 0 Å². The zero-order valence-corrected chi connectivity index (χ0v) is 13.2. The van der Waals surface area contributed by atoms with E-state index >= 15 is 0 Å². The van der Waals surface area contributed by atoms with Crippen molar-refractivity contribution in [2.45, 2.75) is 19.5 Å². The van der Waals surface area contributed by atoms with Crippen LogP contribution in [0.4, 0.5) is 0 Å². The van der Waals surface area contributed by atoms with E-state index in [-0.39, 0.29) is 12.8 Å². The molecule has 3 rings (SSSR count). The van der Waals surface area contributed by atoms with Gasteiger partial charge in [0.15, 0.2) is 11.5 Å². The molecule has 0 aliphatic carbocycles. The molecule has 0 bridgehead atoms. The van der Waals surface area contributed by atoms with Crippen LogP contribution in [0.3, 0.4) is 0 Å². The zero-order chi connectivity index (χ0) is 15.5. The lowest BCUT2D eigenvalue weighted by Gasteiger charge is -2.19. The van der Waals surface area contributed by atoms with Crippen molar-refractivity contribution in [1.29, 1.82) is 0 Å². The fourth-order valence-electron chi connectivity index (χ4n) is 2.92. The van der Waals surface area contributed by atoms with Gasteiger partial charge in [0.25, 0.3) is 0 Å². The van der Waals surface area contributed by atoms with E-state index in [4.69, 9.17) is 24.7 Å². The second-order valence-electron chi connectivity index (χ2n) is 5.99. The van der Waals surface area contributed by atoms with Crippen molar-refractivity contribution in [3.05, 3.63) is 17.7 Å². The highest BCUT2D eigenvalue weighted by molar-refractivity contribution is 5.51. The average Bonchev–Trinajstić information content (AvgIpc) is 3.06. The van der Waals surface area contributed by atoms with Gasteiger partial charge in [-0.05, 0) is 12.0 Å². The van der Waals surface area contributed by atoms with Crippen LogP contribution < -0.4 is 19.9 Å². The molecule has 22 heavy (non-hydrogen) atoms. The molecular weight excluding hydrogens is 284 g/mol. The fraction of sp³-hybridized carbons (Fsp3) is 0.625. The van der Waals surface area contributed by atoms with Gasteiger partial charge in [0, 0.05) is 44.4 Å². The lowest BCUT2D eigenvalue weighted by molar-refractivity contribution is 0.144. The highest BCUT2D eigenvalue weighted by Crippen LogP contribution is 2.39. The van der Waals surface area contributed by atoms with Crippen LogP contribution in [0.5, 0.6) is 17.2 Å². The molecule has 0 amide bonds. The molecule has 1 aromatic rings. The first-order valence-corrected chi connectivity index (χ1v) is 7.69. The fourth-order valence-corrected chi connectivity index (χ4v) is 2.92. The Bertz CT molecular complexity index is 513. The predicted octanol–water partition coefficient (Wildman–Crippen LogP) is 1.22. The quantitative estimate of drug-likeness (QED) is 0.797. The molecule has 0 aromatic heterocycles. The highest BCUT2D eigenvalue weighted by Gasteiger charge is 2.28. The Labute approximate surface area is 131 Å². The Morgan fingerprint density at radius 2 is 2.00 bits per heavy atom. The van der Waals surface area contributed by atoms with Crippen molar-refractivity contribution in [3.63, 3.8) is 0 Å². The number of hydrogen-bond acceptors (Lipinski definition) is 6. The molecule has 0 saturated carbocycles. The predicted molar refractivity (Wildman–Crippen MR) is 82.4 cm³/mol. The third-order valence-corrected chi connectivity index (χ3v) is 4.24. The summed E-state index contributed by atoms with van der Waals surface area (Å²) in [5.41, 5.74) is 7.21. The Kier molecular flexibility index (Phi) is 4.71. The lowest BCUT2D eigenvalue weighted by Crippen LogP contribution is -2.28.